The number of rotatable bonds is 1. The Hall–Kier alpha value is -1.90. The van der Waals surface area contributed by atoms with Crippen LogP contribution in [0.5, 0.6) is 11.5 Å². The molecule has 1 atom stereocenters. The summed E-state index contributed by atoms with van der Waals surface area (Å²) >= 11 is 2.17. The molecule has 7 heteroatoms. The third kappa shape index (κ3) is 2.33. The number of hydrogen-bond acceptors (Lipinski definition) is 4. The number of phenols is 1. The molecule has 0 fully saturated rings. The van der Waals surface area contributed by atoms with Crippen molar-refractivity contribution >= 4 is 47.4 Å². The highest BCUT2D eigenvalue weighted by Gasteiger charge is 2.37. The molecular weight excluding hydrogens is 418 g/mol. The van der Waals surface area contributed by atoms with E-state index in [1.165, 1.54) is 12.7 Å². The molecule has 0 saturated carbocycles. The molecule has 24 heavy (non-hydrogen) atoms. The molecule has 4 rings (SSSR count). The molecule has 2 aliphatic heterocycles. The molecule has 2 aromatic rings. The molecule has 1 N–H and O–H groups in total. The summed E-state index contributed by atoms with van der Waals surface area (Å²) in [6.45, 7) is 0. The maximum absolute atomic E-state index is 13.3. The van der Waals surface area contributed by atoms with Gasteiger partial charge in [0.25, 0.3) is 5.91 Å². The predicted octanol–water partition coefficient (Wildman–Crippen LogP) is 2.76. The second-order valence-corrected chi connectivity index (χ2v) is 7.06. The number of aromatic hydroxyl groups is 1. The van der Waals surface area contributed by atoms with Gasteiger partial charge in [0.05, 0.1) is 41.2 Å². The first-order chi connectivity index (χ1) is 11.6. The SMILES string of the molecule is COc1cc2c(cc1O)N(I)C[B]C1Cc3ccccc3N1C2=O. The van der Waals surface area contributed by atoms with Crippen molar-refractivity contribution in [3.05, 3.63) is 47.5 Å². The van der Waals surface area contributed by atoms with E-state index >= 15 is 0 Å². The first-order valence-electron chi connectivity index (χ1n) is 7.69. The van der Waals surface area contributed by atoms with Crippen molar-refractivity contribution in [2.75, 3.05) is 21.6 Å². The zero-order valence-corrected chi connectivity index (χ0v) is 15.2. The summed E-state index contributed by atoms with van der Waals surface area (Å²) in [5.41, 5.74) is 3.37. The normalized spacial score (nSPS) is 18.9. The zero-order chi connectivity index (χ0) is 16.8. The minimum atomic E-state index is -0.0733. The maximum Gasteiger partial charge on any atom is 0.260 e. The van der Waals surface area contributed by atoms with Crippen LogP contribution in [-0.2, 0) is 6.42 Å². The van der Waals surface area contributed by atoms with Crippen molar-refractivity contribution in [3.63, 3.8) is 0 Å². The predicted molar refractivity (Wildman–Crippen MR) is 103 cm³/mol. The Bertz CT molecular complexity index is 829. The number of amides is 1. The Morgan fingerprint density at radius 3 is 2.88 bits per heavy atom. The second-order valence-electron chi connectivity index (χ2n) is 5.90. The number of para-hydroxylation sites is 1. The summed E-state index contributed by atoms with van der Waals surface area (Å²) in [6, 6.07) is 11.2. The number of carbonyl (C=O) groups excluding carboxylic acids is 1. The van der Waals surface area contributed by atoms with Crippen LogP contribution < -0.4 is 12.8 Å². The van der Waals surface area contributed by atoms with Crippen LogP contribution in [0, 0.1) is 0 Å². The van der Waals surface area contributed by atoms with E-state index in [0.717, 1.165) is 12.1 Å². The standard InChI is InChI=1S/C17H15BIN2O3/c1-24-15-7-11-13(8-14(15)22)20(19)9-18-16-6-10-4-2-3-5-12(10)21(16)17(11)23/h2-5,7-8,16,22H,6,9H2,1H3. The zero-order valence-electron chi connectivity index (χ0n) is 13.1. The number of ether oxygens (including phenoxy) is 1. The second kappa shape index (κ2) is 5.88. The van der Waals surface area contributed by atoms with Gasteiger partial charge in [0.15, 0.2) is 18.8 Å². The number of halogens is 1. The van der Waals surface area contributed by atoms with Gasteiger partial charge in [0.2, 0.25) is 0 Å². The number of phenolic OH excluding ortho intramolecular Hbond substituents is 1. The fourth-order valence-corrected chi connectivity index (χ4v) is 4.02. The van der Waals surface area contributed by atoms with Gasteiger partial charge in [0, 0.05) is 24.1 Å². The van der Waals surface area contributed by atoms with E-state index in [9.17, 15) is 9.90 Å². The van der Waals surface area contributed by atoms with Gasteiger partial charge in [-0.05, 0) is 24.1 Å². The maximum atomic E-state index is 13.3. The molecule has 2 aliphatic rings. The van der Waals surface area contributed by atoms with E-state index in [2.05, 4.69) is 36.2 Å². The first kappa shape index (κ1) is 15.6. The number of nitrogens with zero attached hydrogens (tertiary/aromatic N) is 2. The van der Waals surface area contributed by atoms with E-state index in [-0.39, 0.29) is 17.6 Å². The third-order valence-corrected chi connectivity index (χ3v) is 5.47. The molecule has 1 amide bonds. The first-order valence-corrected chi connectivity index (χ1v) is 8.65. The number of benzene rings is 2. The number of anilines is 2. The van der Waals surface area contributed by atoms with Gasteiger partial charge in [-0.3, -0.25) is 4.79 Å². The van der Waals surface area contributed by atoms with E-state index in [0.29, 0.717) is 23.4 Å². The number of hydrogen-bond donors (Lipinski definition) is 1. The van der Waals surface area contributed by atoms with Crippen molar-refractivity contribution in [2.45, 2.75) is 12.4 Å². The summed E-state index contributed by atoms with van der Waals surface area (Å²) in [6.07, 6.45) is 1.51. The van der Waals surface area contributed by atoms with E-state index in [1.54, 1.807) is 12.1 Å². The summed E-state index contributed by atoms with van der Waals surface area (Å²) in [5, 5.41) is 10.1. The Morgan fingerprint density at radius 2 is 2.08 bits per heavy atom. The highest BCUT2D eigenvalue weighted by molar-refractivity contribution is 14.1. The van der Waals surface area contributed by atoms with E-state index in [4.69, 9.17) is 4.74 Å². The minimum absolute atomic E-state index is 0.0321. The van der Waals surface area contributed by atoms with Gasteiger partial charge < -0.3 is 17.9 Å². The van der Waals surface area contributed by atoms with Crippen LogP contribution in [-0.4, -0.2) is 37.8 Å². The van der Waals surface area contributed by atoms with Crippen LogP contribution in [0.1, 0.15) is 15.9 Å². The van der Waals surface area contributed by atoms with E-state index in [1.807, 2.05) is 26.2 Å². The van der Waals surface area contributed by atoms with E-state index < -0.39 is 0 Å². The average Bonchev–Trinajstić information content (AvgIpc) is 2.96. The lowest BCUT2D eigenvalue weighted by atomic mass is 9.67. The van der Waals surface area contributed by atoms with Gasteiger partial charge in [-0.1, -0.05) is 18.2 Å². The Labute approximate surface area is 154 Å². The summed E-state index contributed by atoms with van der Waals surface area (Å²) in [4.78, 5) is 15.2. The molecule has 1 unspecified atom stereocenters. The number of fused-ring (bicyclic) bond motifs is 4. The topological polar surface area (TPSA) is 53.0 Å². The van der Waals surface area contributed by atoms with Gasteiger partial charge in [-0.2, -0.15) is 0 Å². The van der Waals surface area contributed by atoms with Gasteiger partial charge in [-0.25, -0.2) is 0 Å². The van der Waals surface area contributed by atoms with Crippen molar-refractivity contribution in [1.29, 1.82) is 0 Å². The molecule has 1 radical (unpaired) electrons. The summed E-state index contributed by atoms with van der Waals surface area (Å²) < 4.78 is 7.15. The molecule has 0 bridgehead atoms. The molecule has 2 heterocycles. The monoisotopic (exact) mass is 433 g/mol. The quantitative estimate of drug-likeness (QED) is 0.427. The molecule has 5 nitrogen and oxygen atoms in total. The molecule has 2 aromatic carbocycles. The Balaban J connectivity index is 1.88. The highest BCUT2D eigenvalue weighted by Crippen LogP contribution is 2.40. The lowest BCUT2D eigenvalue weighted by Gasteiger charge is -2.32. The Kier molecular flexibility index (Phi) is 3.82. The molecule has 0 saturated heterocycles. The van der Waals surface area contributed by atoms with Crippen LogP contribution in [0.3, 0.4) is 0 Å². The third-order valence-electron chi connectivity index (χ3n) is 4.56. The average molecular weight is 433 g/mol. The largest absolute Gasteiger partial charge is 0.504 e. The van der Waals surface area contributed by atoms with Crippen LogP contribution in [0.2, 0.25) is 0 Å². The smallest absolute Gasteiger partial charge is 0.260 e. The fourth-order valence-electron chi connectivity index (χ4n) is 3.40. The lowest BCUT2D eigenvalue weighted by Crippen LogP contribution is -2.46. The molecule has 0 spiro atoms. The number of carbonyl (C=O) groups is 1. The van der Waals surface area contributed by atoms with Crippen molar-refractivity contribution < 1.29 is 14.6 Å². The van der Waals surface area contributed by atoms with Gasteiger partial charge >= 0.3 is 0 Å². The molecule has 121 valence electrons. The van der Waals surface area contributed by atoms with Gasteiger partial charge in [-0.15, -0.1) is 0 Å². The minimum Gasteiger partial charge on any atom is -0.504 e. The molecule has 0 aromatic heterocycles. The summed E-state index contributed by atoms with van der Waals surface area (Å²) in [5.74, 6) is 0.307. The molecular formula is C17H15BIN2O3. The van der Waals surface area contributed by atoms with Crippen molar-refractivity contribution in [3.8, 4) is 11.5 Å². The Morgan fingerprint density at radius 1 is 1.29 bits per heavy atom. The van der Waals surface area contributed by atoms with Gasteiger partial charge in [0.1, 0.15) is 0 Å². The highest BCUT2D eigenvalue weighted by atomic mass is 127. The van der Waals surface area contributed by atoms with Crippen molar-refractivity contribution in [1.82, 2.24) is 0 Å². The van der Waals surface area contributed by atoms with Crippen LogP contribution in [0.4, 0.5) is 11.4 Å². The van der Waals surface area contributed by atoms with Crippen LogP contribution >= 0.6 is 22.9 Å². The van der Waals surface area contributed by atoms with Crippen LogP contribution in [0.25, 0.3) is 0 Å². The lowest BCUT2D eigenvalue weighted by molar-refractivity contribution is 0.0986. The molecule has 0 aliphatic carbocycles. The van der Waals surface area contributed by atoms with Crippen molar-refractivity contribution in [2.24, 2.45) is 0 Å². The number of methoxy groups -OCH3 is 1. The van der Waals surface area contributed by atoms with Crippen LogP contribution in [0.15, 0.2) is 36.4 Å². The summed E-state index contributed by atoms with van der Waals surface area (Å²) in [7, 11) is 3.63. The fraction of sp³-hybridized carbons (Fsp3) is 0.235.